The minimum absolute atomic E-state index is 0.118. The lowest BCUT2D eigenvalue weighted by Crippen LogP contribution is -2.40. The van der Waals surface area contributed by atoms with Gasteiger partial charge in [-0.05, 0) is 25.8 Å². The van der Waals surface area contributed by atoms with Gasteiger partial charge in [0.1, 0.15) is 0 Å². The molecule has 3 heteroatoms. The van der Waals surface area contributed by atoms with Gasteiger partial charge in [-0.2, -0.15) is 0 Å². The molecule has 96 valence electrons. The third kappa shape index (κ3) is 7.69. The fourth-order valence-electron chi connectivity index (χ4n) is 1.80. The standard InChI is InChI=1S/C13H28N2O/c1-5-8-11(4)15-13(16)10-14-9-12(6-2)7-3/h11-12,14H,5-10H2,1-4H3,(H,15,16). The third-order valence-corrected chi connectivity index (χ3v) is 3.00. The highest BCUT2D eigenvalue weighted by molar-refractivity contribution is 5.78. The summed E-state index contributed by atoms with van der Waals surface area (Å²) in [6.07, 6.45) is 4.52. The Labute approximate surface area is 100 Å². The Hall–Kier alpha value is -0.570. The molecule has 0 spiro atoms. The van der Waals surface area contributed by atoms with Crippen LogP contribution in [0.2, 0.25) is 0 Å². The number of carbonyl (C=O) groups excluding carboxylic acids is 1. The van der Waals surface area contributed by atoms with Crippen LogP contribution in [0.25, 0.3) is 0 Å². The van der Waals surface area contributed by atoms with Gasteiger partial charge in [0, 0.05) is 6.04 Å². The molecule has 0 bridgehead atoms. The summed E-state index contributed by atoms with van der Waals surface area (Å²) >= 11 is 0. The zero-order valence-electron chi connectivity index (χ0n) is 11.3. The van der Waals surface area contributed by atoms with E-state index in [0.717, 1.165) is 19.4 Å². The Bertz CT molecular complexity index is 179. The summed E-state index contributed by atoms with van der Waals surface area (Å²) in [4.78, 5) is 11.5. The largest absolute Gasteiger partial charge is 0.353 e. The van der Waals surface area contributed by atoms with Crippen molar-refractivity contribution in [2.24, 2.45) is 5.92 Å². The van der Waals surface area contributed by atoms with Crippen LogP contribution in [0, 0.1) is 5.92 Å². The molecule has 0 aromatic rings. The van der Waals surface area contributed by atoms with Gasteiger partial charge in [0.05, 0.1) is 6.54 Å². The van der Waals surface area contributed by atoms with Crippen molar-refractivity contribution in [2.75, 3.05) is 13.1 Å². The van der Waals surface area contributed by atoms with Crippen molar-refractivity contribution in [3.05, 3.63) is 0 Å². The van der Waals surface area contributed by atoms with Gasteiger partial charge in [0.15, 0.2) is 0 Å². The molecular weight excluding hydrogens is 200 g/mol. The highest BCUT2D eigenvalue weighted by atomic mass is 16.1. The predicted molar refractivity (Wildman–Crippen MR) is 69.5 cm³/mol. The van der Waals surface area contributed by atoms with E-state index in [0.29, 0.717) is 18.5 Å². The zero-order chi connectivity index (χ0) is 12.4. The summed E-state index contributed by atoms with van der Waals surface area (Å²) in [6, 6.07) is 0.299. The van der Waals surface area contributed by atoms with Crippen LogP contribution in [0.5, 0.6) is 0 Å². The SMILES string of the molecule is CCCC(C)NC(=O)CNCC(CC)CC. The summed E-state index contributed by atoms with van der Waals surface area (Å²) in [7, 11) is 0. The number of hydrogen-bond acceptors (Lipinski definition) is 2. The van der Waals surface area contributed by atoms with Crippen molar-refractivity contribution < 1.29 is 4.79 Å². The second-order valence-corrected chi connectivity index (χ2v) is 4.57. The van der Waals surface area contributed by atoms with Crippen LogP contribution in [0.4, 0.5) is 0 Å². The van der Waals surface area contributed by atoms with Crippen LogP contribution in [-0.4, -0.2) is 25.0 Å². The van der Waals surface area contributed by atoms with Crippen molar-refractivity contribution in [1.82, 2.24) is 10.6 Å². The first-order valence-corrected chi connectivity index (χ1v) is 6.64. The first-order valence-electron chi connectivity index (χ1n) is 6.64. The molecule has 1 unspecified atom stereocenters. The van der Waals surface area contributed by atoms with Gasteiger partial charge in [-0.3, -0.25) is 4.79 Å². The van der Waals surface area contributed by atoms with E-state index in [1.807, 2.05) is 0 Å². The van der Waals surface area contributed by atoms with E-state index in [9.17, 15) is 4.79 Å². The topological polar surface area (TPSA) is 41.1 Å². The predicted octanol–water partition coefficient (Wildman–Crippen LogP) is 2.32. The summed E-state index contributed by atoms with van der Waals surface area (Å²) in [5, 5.41) is 6.21. The van der Waals surface area contributed by atoms with Gasteiger partial charge < -0.3 is 10.6 Å². The van der Waals surface area contributed by atoms with Gasteiger partial charge in [0.25, 0.3) is 0 Å². The number of nitrogens with one attached hydrogen (secondary N) is 2. The minimum atomic E-state index is 0.118. The van der Waals surface area contributed by atoms with Gasteiger partial charge in [-0.1, -0.05) is 40.0 Å². The van der Waals surface area contributed by atoms with Crippen LogP contribution in [-0.2, 0) is 4.79 Å². The summed E-state index contributed by atoms with van der Waals surface area (Å²) in [5.41, 5.74) is 0. The summed E-state index contributed by atoms with van der Waals surface area (Å²) < 4.78 is 0. The molecule has 3 nitrogen and oxygen atoms in total. The molecule has 1 atom stereocenters. The molecule has 0 rings (SSSR count). The lowest BCUT2D eigenvalue weighted by atomic mass is 10.0. The molecule has 0 aromatic heterocycles. The van der Waals surface area contributed by atoms with Gasteiger partial charge in [-0.25, -0.2) is 0 Å². The summed E-state index contributed by atoms with van der Waals surface area (Å²) in [6.45, 7) is 9.97. The Morgan fingerprint density at radius 1 is 1.19 bits per heavy atom. The molecule has 0 radical (unpaired) electrons. The molecule has 16 heavy (non-hydrogen) atoms. The molecule has 0 aliphatic rings. The van der Waals surface area contributed by atoms with Crippen LogP contribution in [0.15, 0.2) is 0 Å². The summed E-state index contributed by atoms with van der Waals surface area (Å²) in [5.74, 6) is 0.813. The second kappa shape index (κ2) is 9.64. The second-order valence-electron chi connectivity index (χ2n) is 4.57. The average Bonchev–Trinajstić information content (AvgIpc) is 2.24. The van der Waals surface area contributed by atoms with Gasteiger partial charge in [-0.15, -0.1) is 0 Å². The van der Waals surface area contributed by atoms with Crippen molar-refractivity contribution in [1.29, 1.82) is 0 Å². The van der Waals surface area contributed by atoms with Crippen molar-refractivity contribution in [3.8, 4) is 0 Å². The fourth-order valence-corrected chi connectivity index (χ4v) is 1.80. The first-order chi connectivity index (χ1) is 7.63. The maximum atomic E-state index is 11.5. The molecular formula is C13H28N2O. The molecule has 0 fully saturated rings. The van der Waals surface area contributed by atoms with Crippen LogP contribution in [0.3, 0.4) is 0 Å². The molecule has 0 aliphatic carbocycles. The zero-order valence-corrected chi connectivity index (χ0v) is 11.3. The number of hydrogen-bond donors (Lipinski definition) is 2. The molecule has 0 aromatic carbocycles. The number of rotatable bonds is 9. The lowest BCUT2D eigenvalue weighted by Gasteiger charge is -2.15. The Morgan fingerprint density at radius 3 is 2.31 bits per heavy atom. The van der Waals surface area contributed by atoms with E-state index >= 15 is 0 Å². The molecule has 1 amide bonds. The Kier molecular flexibility index (Phi) is 9.30. The smallest absolute Gasteiger partial charge is 0.234 e. The van der Waals surface area contributed by atoms with E-state index in [2.05, 4.69) is 38.3 Å². The van der Waals surface area contributed by atoms with Crippen LogP contribution >= 0.6 is 0 Å². The first kappa shape index (κ1) is 15.4. The van der Waals surface area contributed by atoms with E-state index in [1.54, 1.807) is 0 Å². The monoisotopic (exact) mass is 228 g/mol. The third-order valence-electron chi connectivity index (χ3n) is 3.00. The maximum Gasteiger partial charge on any atom is 0.234 e. The van der Waals surface area contributed by atoms with Crippen molar-refractivity contribution >= 4 is 5.91 Å². The highest BCUT2D eigenvalue weighted by Crippen LogP contribution is 2.04. The van der Waals surface area contributed by atoms with Crippen molar-refractivity contribution in [2.45, 2.75) is 59.4 Å². The molecule has 0 heterocycles. The van der Waals surface area contributed by atoms with Crippen molar-refractivity contribution in [3.63, 3.8) is 0 Å². The molecule has 0 saturated carbocycles. The van der Waals surface area contributed by atoms with Gasteiger partial charge in [0.2, 0.25) is 5.91 Å². The van der Waals surface area contributed by atoms with Crippen LogP contribution in [0.1, 0.15) is 53.4 Å². The number of carbonyl (C=O) groups is 1. The Morgan fingerprint density at radius 2 is 1.81 bits per heavy atom. The van der Waals surface area contributed by atoms with E-state index in [4.69, 9.17) is 0 Å². The highest BCUT2D eigenvalue weighted by Gasteiger charge is 2.07. The maximum absolute atomic E-state index is 11.5. The van der Waals surface area contributed by atoms with Gasteiger partial charge >= 0.3 is 0 Å². The lowest BCUT2D eigenvalue weighted by molar-refractivity contribution is -0.120. The van der Waals surface area contributed by atoms with E-state index < -0.39 is 0 Å². The quantitative estimate of drug-likeness (QED) is 0.636. The number of amides is 1. The van der Waals surface area contributed by atoms with E-state index in [1.165, 1.54) is 12.8 Å². The minimum Gasteiger partial charge on any atom is -0.353 e. The van der Waals surface area contributed by atoms with Crippen LogP contribution < -0.4 is 10.6 Å². The molecule has 2 N–H and O–H groups in total. The molecule has 0 saturated heterocycles. The van der Waals surface area contributed by atoms with E-state index in [-0.39, 0.29) is 5.91 Å². The normalized spacial score (nSPS) is 12.8. The fraction of sp³-hybridized carbons (Fsp3) is 0.923. The Balaban J connectivity index is 3.57. The average molecular weight is 228 g/mol. The molecule has 0 aliphatic heterocycles.